The predicted molar refractivity (Wildman–Crippen MR) is 203 cm³/mol. The summed E-state index contributed by atoms with van der Waals surface area (Å²) in [6, 6.07) is 42.5. The molecule has 0 fully saturated rings. The van der Waals surface area contributed by atoms with Gasteiger partial charge in [-0.05, 0) is 54.3 Å². The zero-order chi connectivity index (χ0) is 34.7. The zero-order valence-electron chi connectivity index (χ0n) is 29.4. The maximum absolute atomic E-state index is 12.2. The molecule has 5 aromatic rings. The van der Waals surface area contributed by atoms with Crippen molar-refractivity contribution in [2.75, 3.05) is 22.4 Å². The average molecular weight is 663 g/mol. The molecule has 3 heterocycles. The molecule has 0 aliphatic carbocycles. The highest BCUT2D eigenvalue weighted by Gasteiger charge is 2.62. The van der Waals surface area contributed by atoms with Crippen molar-refractivity contribution in [3.63, 3.8) is 0 Å². The summed E-state index contributed by atoms with van der Waals surface area (Å²) in [4.78, 5) is 4.96. The van der Waals surface area contributed by atoms with Gasteiger partial charge in [0.2, 0.25) is 0 Å². The molecule has 3 aliphatic rings. The van der Waals surface area contributed by atoms with Crippen molar-refractivity contribution in [3.05, 3.63) is 166 Å². The highest BCUT2D eigenvalue weighted by Crippen LogP contribution is 2.61. The van der Waals surface area contributed by atoms with Crippen LogP contribution in [0.25, 0.3) is 0 Å². The Morgan fingerprint density at radius 1 is 0.780 bits per heavy atom. The third-order valence-corrected chi connectivity index (χ3v) is 11.4. The fourth-order valence-corrected chi connectivity index (χ4v) is 8.76. The van der Waals surface area contributed by atoms with Crippen LogP contribution < -0.4 is 24.8 Å². The molecule has 0 bridgehead atoms. The van der Waals surface area contributed by atoms with Crippen LogP contribution >= 0.6 is 0 Å². The summed E-state index contributed by atoms with van der Waals surface area (Å²) in [5, 5.41) is 12.2. The van der Waals surface area contributed by atoms with Crippen molar-refractivity contribution in [2.24, 2.45) is 0 Å². The second kappa shape index (κ2) is 12.0. The number of nitrogens with one attached hydrogen (secondary N) is 1. The van der Waals surface area contributed by atoms with Gasteiger partial charge in [0.25, 0.3) is 0 Å². The number of ether oxygens (including phenoxy) is 2. The number of methoxy groups -OCH3 is 1. The van der Waals surface area contributed by atoms with Crippen LogP contribution in [0.5, 0.6) is 11.5 Å². The Morgan fingerprint density at radius 2 is 1.38 bits per heavy atom. The summed E-state index contributed by atoms with van der Waals surface area (Å²) in [7, 11) is 1.65. The van der Waals surface area contributed by atoms with Crippen LogP contribution in [0.2, 0.25) is 0 Å². The maximum atomic E-state index is 12.2. The Balaban J connectivity index is 1.35. The molecule has 0 aromatic heterocycles. The Labute approximate surface area is 295 Å². The first-order valence-electron chi connectivity index (χ1n) is 17.5. The number of hydrogen-bond donors (Lipinski definition) is 1. The second-order valence-electron chi connectivity index (χ2n) is 14.9. The first-order chi connectivity index (χ1) is 24.2. The minimum atomic E-state index is -0.777. The van der Waals surface area contributed by atoms with Gasteiger partial charge < -0.3 is 30.0 Å². The van der Waals surface area contributed by atoms with Crippen LogP contribution in [0, 0.1) is 5.21 Å². The van der Waals surface area contributed by atoms with Gasteiger partial charge in [0.1, 0.15) is 0 Å². The third-order valence-electron chi connectivity index (χ3n) is 11.4. The van der Waals surface area contributed by atoms with Crippen molar-refractivity contribution < 1.29 is 9.47 Å². The highest BCUT2D eigenvalue weighted by molar-refractivity contribution is 5.73. The van der Waals surface area contributed by atoms with E-state index in [4.69, 9.17) is 9.47 Å². The number of allylic oxidation sites excluding steroid dienone is 2. The first-order valence-corrected chi connectivity index (χ1v) is 17.5. The lowest BCUT2D eigenvalue weighted by Gasteiger charge is -2.52. The van der Waals surface area contributed by atoms with Gasteiger partial charge in [0.05, 0.1) is 12.5 Å². The lowest BCUT2D eigenvalue weighted by atomic mass is 9.70. The number of hydrogen-bond acceptors (Lipinski definition) is 6. The van der Waals surface area contributed by atoms with E-state index < -0.39 is 11.1 Å². The molecule has 0 saturated carbocycles. The average Bonchev–Trinajstić information content (AvgIpc) is 3.45. The number of nitrogens with zero attached hydrogens (tertiary/aromatic N) is 2. The highest BCUT2D eigenvalue weighted by atomic mass is 16.5. The number of rotatable bonds is 7. The molecule has 0 radical (unpaired) electrons. The smallest absolute Gasteiger partial charge is 0.193 e. The normalized spacial score (nSPS) is 21.8. The summed E-state index contributed by atoms with van der Waals surface area (Å²) in [5.41, 5.74) is 10.7. The molecule has 50 heavy (non-hydrogen) atoms. The fraction of sp³-hybridized carbons (Fsp3) is 0.273. The van der Waals surface area contributed by atoms with Gasteiger partial charge in [-0.25, -0.2) is 0 Å². The van der Waals surface area contributed by atoms with Crippen LogP contribution in [0.3, 0.4) is 0 Å². The summed E-state index contributed by atoms with van der Waals surface area (Å²) in [6.07, 6.45) is 3.12. The van der Waals surface area contributed by atoms with E-state index >= 15 is 0 Å². The van der Waals surface area contributed by atoms with Crippen molar-refractivity contribution in [2.45, 2.75) is 69.7 Å². The van der Waals surface area contributed by atoms with E-state index in [1.807, 2.05) is 6.07 Å². The first kappa shape index (κ1) is 32.0. The van der Waals surface area contributed by atoms with Gasteiger partial charge in [-0.1, -0.05) is 117 Å². The predicted octanol–water partition coefficient (Wildman–Crippen LogP) is 10.0. The van der Waals surface area contributed by atoms with Gasteiger partial charge in [-0.15, -0.1) is 0 Å². The fourth-order valence-electron chi connectivity index (χ4n) is 8.76. The molecular weight excluding hydrogens is 619 g/mol. The molecule has 0 amide bonds. The maximum Gasteiger partial charge on any atom is 0.193 e. The molecule has 0 saturated heterocycles. The molecule has 6 nitrogen and oxygen atoms in total. The Morgan fingerprint density at radius 3 is 2.04 bits per heavy atom. The standard InChI is InChI=1S/C44H44N3O3/c1-42(2)35-20-12-14-22-37(35)46(28-30-16-8-6-9-17-30)40(42)24-32-27-44(50-41-34(32)25-33(45-48)26-39(41)49-5)43(3,4)36-21-13-15-23-38(36)47(44)29-31-18-10-7-11-19-31/h6-26,32,45H,27-29H2,1-5H3/q-1/b40-24+. The molecule has 5 aromatic carbocycles. The molecule has 8 rings (SSSR count). The van der Waals surface area contributed by atoms with Crippen molar-refractivity contribution in [1.82, 2.24) is 0 Å². The van der Waals surface area contributed by atoms with E-state index in [1.54, 1.807) is 13.2 Å². The zero-order valence-corrected chi connectivity index (χ0v) is 29.4. The monoisotopic (exact) mass is 662 g/mol. The summed E-state index contributed by atoms with van der Waals surface area (Å²) in [5.74, 6) is 1.11. The Hall–Kier alpha value is -5.20. The van der Waals surface area contributed by atoms with Gasteiger partial charge in [-0.3, -0.25) is 0 Å². The van der Waals surface area contributed by atoms with Crippen LogP contribution in [-0.4, -0.2) is 12.8 Å². The largest absolute Gasteiger partial charge is 0.761 e. The molecule has 1 spiro atoms. The molecule has 6 heteroatoms. The summed E-state index contributed by atoms with van der Waals surface area (Å²) < 4.78 is 13.5. The van der Waals surface area contributed by atoms with Gasteiger partial charge >= 0.3 is 0 Å². The van der Waals surface area contributed by atoms with E-state index in [-0.39, 0.29) is 11.3 Å². The lowest BCUT2D eigenvalue weighted by molar-refractivity contribution is -0.0177. The molecule has 2 atom stereocenters. The van der Waals surface area contributed by atoms with Crippen LogP contribution in [-0.2, 0) is 23.9 Å². The van der Waals surface area contributed by atoms with Gasteiger partial charge in [0, 0.05) is 65.2 Å². The van der Waals surface area contributed by atoms with E-state index in [0.29, 0.717) is 30.2 Å². The van der Waals surface area contributed by atoms with Crippen LogP contribution in [0.1, 0.15) is 67.9 Å². The van der Waals surface area contributed by atoms with E-state index in [2.05, 4.69) is 158 Å². The number of fused-ring (bicyclic) bond motifs is 3. The lowest BCUT2D eigenvalue weighted by Crippen LogP contribution is -2.61. The quantitative estimate of drug-likeness (QED) is 0.175. The van der Waals surface area contributed by atoms with E-state index in [1.165, 1.54) is 39.3 Å². The molecule has 3 aliphatic heterocycles. The summed E-state index contributed by atoms with van der Waals surface area (Å²) >= 11 is 0. The van der Waals surface area contributed by atoms with Crippen molar-refractivity contribution >= 4 is 17.1 Å². The Bertz CT molecular complexity index is 2070. The third kappa shape index (κ3) is 4.88. The van der Waals surface area contributed by atoms with Crippen LogP contribution in [0.15, 0.2) is 133 Å². The van der Waals surface area contributed by atoms with Crippen molar-refractivity contribution in [1.29, 1.82) is 0 Å². The number of anilines is 3. The number of para-hydroxylation sites is 2. The summed E-state index contributed by atoms with van der Waals surface area (Å²) in [6.45, 7) is 10.7. The second-order valence-corrected chi connectivity index (χ2v) is 14.9. The van der Waals surface area contributed by atoms with Crippen molar-refractivity contribution in [3.8, 4) is 11.5 Å². The Kier molecular flexibility index (Phi) is 7.68. The minimum absolute atomic E-state index is 0.116. The van der Waals surface area contributed by atoms with Gasteiger partial charge in [0.15, 0.2) is 17.2 Å². The molecular formula is C44H44N3O3-. The topological polar surface area (TPSA) is 60.0 Å². The van der Waals surface area contributed by atoms with Crippen LogP contribution in [0.4, 0.5) is 17.1 Å². The van der Waals surface area contributed by atoms with E-state index in [0.717, 1.165) is 12.1 Å². The number of benzene rings is 5. The molecule has 1 N–H and O–H groups in total. The molecule has 254 valence electrons. The molecule has 2 unspecified atom stereocenters. The van der Waals surface area contributed by atoms with E-state index in [9.17, 15) is 5.21 Å². The van der Waals surface area contributed by atoms with Gasteiger partial charge in [-0.2, -0.15) is 0 Å². The SMILES string of the molecule is COc1cc(N[O-])cc2c1OC1(CC2/C=C2/N(Cc3ccccc3)c3ccccc3C2(C)C)N(Cc2ccccc2)c2ccccc2C1(C)C. The minimum Gasteiger partial charge on any atom is -0.761 e.